The lowest BCUT2D eigenvalue weighted by atomic mass is 10.0. The molecule has 144 valence electrons. The summed E-state index contributed by atoms with van der Waals surface area (Å²) in [5.41, 5.74) is 2.15. The highest BCUT2D eigenvalue weighted by atomic mass is 35.5. The molecule has 0 saturated carbocycles. The smallest absolute Gasteiger partial charge is 0.258 e. The molecule has 6 nitrogen and oxygen atoms in total. The Balaban J connectivity index is 1.81. The average Bonchev–Trinajstić information content (AvgIpc) is 3.22. The summed E-state index contributed by atoms with van der Waals surface area (Å²) in [6.45, 7) is 0.309. The third-order valence-corrected chi connectivity index (χ3v) is 4.98. The second kappa shape index (κ2) is 7.48. The molecule has 7 heteroatoms. The first-order chi connectivity index (χ1) is 13.6. The maximum atomic E-state index is 13.2. The van der Waals surface area contributed by atoms with Gasteiger partial charge in [0.2, 0.25) is 0 Å². The van der Waals surface area contributed by atoms with Crippen LogP contribution in [-0.2, 0) is 6.54 Å². The number of benzene rings is 2. The van der Waals surface area contributed by atoms with Gasteiger partial charge in [0.05, 0.1) is 37.6 Å². The first-order valence-electron chi connectivity index (χ1n) is 8.72. The zero-order chi connectivity index (χ0) is 19.7. The Morgan fingerprint density at radius 3 is 2.68 bits per heavy atom. The van der Waals surface area contributed by atoms with Crippen LogP contribution in [0.4, 0.5) is 5.69 Å². The largest absolute Gasteiger partial charge is 0.493 e. The molecule has 0 aliphatic carbocycles. The fraction of sp³-hybridized carbons (Fsp3) is 0.190. The molecule has 1 amide bonds. The van der Waals surface area contributed by atoms with Crippen LogP contribution in [0.2, 0.25) is 5.02 Å². The molecule has 0 bridgehead atoms. The van der Waals surface area contributed by atoms with Crippen LogP contribution in [0.3, 0.4) is 0 Å². The van der Waals surface area contributed by atoms with E-state index in [9.17, 15) is 4.79 Å². The van der Waals surface area contributed by atoms with Gasteiger partial charge in [-0.3, -0.25) is 4.79 Å². The molecule has 0 spiro atoms. The van der Waals surface area contributed by atoms with Crippen LogP contribution in [0.5, 0.6) is 11.5 Å². The molecule has 0 saturated heterocycles. The molecule has 4 rings (SSSR count). The van der Waals surface area contributed by atoms with E-state index in [4.69, 9.17) is 25.5 Å². The first kappa shape index (κ1) is 18.3. The highest BCUT2D eigenvalue weighted by molar-refractivity contribution is 6.32. The van der Waals surface area contributed by atoms with Crippen molar-refractivity contribution in [2.24, 2.45) is 0 Å². The van der Waals surface area contributed by atoms with Crippen LogP contribution < -0.4 is 14.8 Å². The first-order valence-corrected chi connectivity index (χ1v) is 9.10. The molecule has 1 atom stereocenters. The molecular formula is C21H19ClN2O4. The standard InChI is InChI=1S/C21H19ClN2O4/c1-26-18-11-13(10-16(22)19(18)27-2)20-23-17-8-4-3-7-15(17)21(25)24(20)12-14-6-5-9-28-14/h3-11,20,23H,12H2,1-2H3/t20-/m0/s1. The van der Waals surface area contributed by atoms with Crippen molar-refractivity contribution in [3.8, 4) is 11.5 Å². The number of nitrogens with one attached hydrogen (secondary N) is 1. The molecular weight excluding hydrogens is 380 g/mol. The Labute approximate surface area is 167 Å². The van der Waals surface area contributed by atoms with E-state index in [2.05, 4.69) is 5.32 Å². The summed E-state index contributed by atoms with van der Waals surface area (Å²) >= 11 is 6.40. The van der Waals surface area contributed by atoms with E-state index in [0.29, 0.717) is 34.4 Å². The van der Waals surface area contributed by atoms with Crippen molar-refractivity contribution in [2.75, 3.05) is 19.5 Å². The van der Waals surface area contributed by atoms with Gasteiger partial charge in [-0.25, -0.2) is 0 Å². The number of nitrogens with zero attached hydrogens (tertiary/aromatic N) is 1. The lowest BCUT2D eigenvalue weighted by Crippen LogP contribution is -2.42. The molecule has 2 heterocycles. The number of ether oxygens (including phenoxy) is 2. The molecule has 2 aromatic carbocycles. The number of furan rings is 1. The van der Waals surface area contributed by atoms with Gasteiger partial charge in [-0.1, -0.05) is 23.7 Å². The van der Waals surface area contributed by atoms with Crippen LogP contribution in [-0.4, -0.2) is 25.0 Å². The molecule has 0 fully saturated rings. The number of methoxy groups -OCH3 is 2. The molecule has 1 aromatic heterocycles. The van der Waals surface area contributed by atoms with E-state index in [0.717, 1.165) is 11.3 Å². The molecule has 1 aliphatic heterocycles. The Morgan fingerprint density at radius 2 is 1.96 bits per heavy atom. The van der Waals surface area contributed by atoms with Crippen LogP contribution >= 0.6 is 11.6 Å². The monoisotopic (exact) mass is 398 g/mol. The van der Waals surface area contributed by atoms with Crippen molar-refractivity contribution in [3.63, 3.8) is 0 Å². The van der Waals surface area contributed by atoms with E-state index < -0.39 is 6.17 Å². The van der Waals surface area contributed by atoms with E-state index in [-0.39, 0.29) is 5.91 Å². The van der Waals surface area contributed by atoms with E-state index >= 15 is 0 Å². The maximum Gasteiger partial charge on any atom is 0.258 e. The summed E-state index contributed by atoms with van der Waals surface area (Å²) < 4.78 is 16.2. The average molecular weight is 399 g/mol. The Bertz CT molecular complexity index is 1000. The SMILES string of the molecule is COc1cc([C@H]2Nc3ccccc3C(=O)N2Cc2ccco2)cc(Cl)c1OC. The van der Waals surface area contributed by atoms with Crippen LogP contribution in [0.15, 0.2) is 59.2 Å². The summed E-state index contributed by atoms with van der Waals surface area (Å²) in [6.07, 6.45) is 1.14. The zero-order valence-electron chi connectivity index (χ0n) is 15.4. The van der Waals surface area contributed by atoms with Crippen molar-refractivity contribution < 1.29 is 18.7 Å². The van der Waals surface area contributed by atoms with Gasteiger partial charge in [0.1, 0.15) is 11.9 Å². The highest BCUT2D eigenvalue weighted by Crippen LogP contribution is 2.41. The van der Waals surface area contributed by atoms with Gasteiger partial charge >= 0.3 is 0 Å². The van der Waals surface area contributed by atoms with Gasteiger partial charge in [-0.2, -0.15) is 0 Å². The molecule has 0 radical (unpaired) electrons. The van der Waals surface area contributed by atoms with Gasteiger partial charge in [0.15, 0.2) is 11.5 Å². The number of hydrogen-bond acceptors (Lipinski definition) is 5. The molecule has 1 aliphatic rings. The fourth-order valence-corrected chi connectivity index (χ4v) is 3.68. The second-order valence-corrected chi connectivity index (χ2v) is 6.75. The summed E-state index contributed by atoms with van der Waals surface area (Å²) in [7, 11) is 3.08. The molecule has 28 heavy (non-hydrogen) atoms. The lowest BCUT2D eigenvalue weighted by molar-refractivity contribution is 0.0651. The quantitative estimate of drug-likeness (QED) is 0.673. The summed E-state index contributed by atoms with van der Waals surface area (Å²) in [6, 6.07) is 14.6. The fourth-order valence-electron chi connectivity index (χ4n) is 3.39. The van der Waals surface area contributed by atoms with Crippen molar-refractivity contribution in [2.45, 2.75) is 12.7 Å². The van der Waals surface area contributed by atoms with E-state index in [1.54, 1.807) is 36.5 Å². The third-order valence-electron chi connectivity index (χ3n) is 4.70. The number of carbonyl (C=O) groups is 1. The van der Waals surface area contributed by atoms with Gasteiger partial charge in [-0.15, -0.1) is 0 Å². The third kappa shape index (κ3) is 3.16. The minimum absolute atomic E-state index is 0.0957. The van der Waals surface area contributed by atoms with E-state index in [1.807, 2.05) is 30.3 Å². The highest BCUT2D eigenvalue weighted by Gasteiger charge is 2.34. The lowest BCUT2D eigenvalue weighted by Gasteiger charge is -2.38. The zero-order valence-corrected chi connectivity index (χ0v) is 16.2. The number of amides is 1. The van der Waals surface area contributed by atoms with Crippen LogP contribution in [0.1, 0.15) is 27.8 Å². The number of carbonyl (C=O) groups excluding carboxylic acids is 1. The topological polar surface area (TPSA) is 63.9 Å². The summed E-state index contributed by atoms with van der Waals surface area (Å²) in [5.74, 6) is 1.54. The maximum absolute atomic E-state index is 13.2. The van der Waals surface area contributed by atoms with Crippen molar-refractivity contribution >= 4 is 23.2 Å². The minimum atomic E-state index is -0.454. The second-order valence-electron chi connectivity index (χ2n) is 6.34. The number of para-hydroxylation sites is 1. The number of rotatable bonds is 5. The van der Waals surface area contributed by atoms with Crippen molar-refractivity contribution in [1.82, 2.24) is 4.90 Å². The van der Waals surface area contributed by atoms with Gasteiger partial charge in [0.25, 0.3) is 5.91 Å². The van der Waals surface area contributed by atoms with Gasteiger partial charge < -0.3 is 24.1 Å². The predicted molar refractivity (Wildman–Crippen MR) is 106 cm³/mol. The van der Waals surface area contributed by atoms with E-state index in [1.165, 1.54) is 7.11 Å². The van der Waals surface area contributed by atoms with Gasteiger partial charge in [0, 0.05) is 11.3 Å². The minimum Gasteiger partial charge on any atom is -0.493 e. The molecule has 1 N–H and O–H groups in total. The summed E-state index contributed by atoms with van der Waals surface area (Å²) in [4.78, 5) is 15.0. The summed E-state index contributed by atoms with van der Waals surface area (Å²) in [5, 5.41) is 3.84. The van der Waals surface area contributed by atoms with Crippen molar-refractivity contribution in [3.05, 3.63) is 76.7 Å². The number of halogens is 1. The molecule has 3 aromatic rings. The Morgan fingerprint density at radius 1 is 1.14 bits per heavy atom. The molecule has 0 unspecified atom stereocenters. The van der Waals surface area contributed by atoms with Crippen LogP contribution in [0, 0.1) is 0 Å². The van der Waals surface area contributed by atoms with Crippen molar-refractivity contribution in [1.29, 1.82) is 0 Å². The van der Waals surface area contributed by atoms with Crippen LogP contribution in [0.25, 0.3) is 0 Å². The van der Waals surface area contributed by atoms with Gasteiger partial charge in [-0.05, 0) is 36.4 Å². The normalized spacial score (nSPS) is 15.8. The predicted octanol–water partition coefficient (Wildman–Crippen LogP) is 4.72. The number of hydrogen-bond donors (Lipinski definition) is 1. The Hall–Kier alpha value is -3.12. The number of anilines is 1. The Kier molecular flexibility index (Phi) is 4.88. The number of fused-ring (bicyclic) bond motifs is 1.